The zero-order valence-electron chi connectivity index (χ0n) is 9.31. The zero-order valence-corrected chi connectivity index (χ0v) is 10.1. The highest BCUT2D eigenvalue weighted by atomic mass is 32.1. The zero-order chi connectivity index (χ0) is 12.1. The van der Waals surface area contributed by atoms with Gasteiger partial charge in [0.15, 0.2) is 10.8 Å². The lowest BCUT2D eigenvalue weighted by Gasteiger charge is -1.93. The summed E-state index contributed by atoms with van der Waals surface area (Å²) < 4.78 is 7.89. The number of benzene rings is 2. The van der Waals surface area contributed by atoms with E-state index < -0.39 is 0 Å². The average Bonchev–Trinajstić information content (AvgIpc) is 3.18. The van der Waals surface area contributed by atoms with Crippen LogP contribution in [-0.2, 0) is 0 Å². The molecule has 2 heterocycles. The number of hydrogen-bond acceptors (Lipinski definition) is 3. The Labute approximate surface area is 106 Å². The smallest absolute Gasteiger partial charge is 0.180 e. The molecule has 84 valence electrons. The van der Waals surface area contributed by atoms with Gasteiger partial charge in [0.1, 0.15) is 0 Å². The Balaban J connectivity index is 2.40. The molecule has 2 aliphatic rings. The van der Waals surface area contributed by atoms with Crippen LogP contribution < -0.4 is 0 Å². The van der Waals surface area contributed by atoms with Crippen molar-refractivity contribution in [2.24, 2.45) is 0 Å². The molecule has 2 aliphatic heterocycles. The summed E-state index contributed by atoms with van der Waals surface area (Å²) in [5.41, 5.74) is 2.46. The van der Waals surface area contributed by atoms with Gasteiger partial charge in [0.2, 0.25) is 0 Å². The summed E-state index contributed by atoms with van der Waals surface area (Å²) in [7, 11) is 0. The summed E-state index contributed by atoms with van der Waals surface area (Å²) in [6.07, 6.45) is 0. The van der Waals surface area contributed by atoms with E-state index in [1.165, 1.54) is 4.70 Å². The first kappa shape index (κ1) is 9.69. The van der Waals surface area contributed by atoms with Crippen molar-refractivity contribution in [3.63, 3.8) is 0 Å². The van der Waals surface area contributed by atoms with E-state index in [4.69, 9.17) is 4.42 Å². The maximum absolute atomic E-state index is 9.20. The molecule has 0 aliphatic carbocycles. The molecule has 0 amide bonds. The predicted molar refractivity (Wildman–Crippen MR) is 71.6 cm³/mol. The molecule has 2 nitrogen and oxygen atoms in total. The van der Waals surface area contributed by atoms with Crippen LogP contribution in [0.25, 0.3) is 20.2 Å². The lowest BCUT2D eigenvalue weighted by atomic mass is 10.1. The maximum Gasteiger partial charge on any atom is 0.180 e. The van der Waals surface area contributed by atoms with Crippen LogP contribution in [0.5, 0.6) is 0 Å². The van der Waals surface area contributed by atoms with Crippen LogP contribution in [0.3, 0.4) is 0 Å². The maximum atomic E-state index is 9.20. The van der Waals surface area contributed by atoms with Gasteiger partial charge in [-0.3, -0.25) is 0 Å². The Morgan fingerprint density at radius 3 is 2.67 bits per heavy atom. The van der Waals surface area contributed by atoms with Gasteiger partial charge in [0, 0.05) is 14.8 Å². The Morgan fingerprint density at radius 1 is 0.944 bits per heavy atom. The fraction of sp³-hybridized carbons (Fsp3) is 0. The van der Waals surface area contributed by atoms with Crippen LogP contribution in [0.4, 0.5) is 0 Å². The van der Waals surface area contributed by atoms with Crippen molar-refractivity contribution in [3.8, 4) is 6.07 Å². The second-order valence-electron chi connectivity index (χ2n) is 4.15. The van der Waals surface area contributed by atoms with Crippen LogP contribution >= 0.6 is 11.3 Å². The molecule has 4 rings (SSSR count). The highest BCUT2D eigenvalue weighted by Gasteiger charge is 2.13. The van der Waals surface area contributed by atoms with Gasteiger partial charge in [-0.15, -0.1) is 11.3 Å². The van der Waals surface area contributed by atoms with Gasteiger partial charge in [-0.05, 0) is 24.3 Å². The van der Waals surface area contributed by atoms with E-state index in [2.05, 4.69) is 18.2 Å². The molecule has 18 heavy (non-hydrogen) atoms. The van der Waals surface area contributed by atoms with E-state index in [1.54, 1.807) is 11.3 Å². The molecule has 0 saturated carbocycles. The van der Waals surface area contributed by atoms with Gasteiger partial charge in [-0.1, -0.05) is 18.2 Å². The predicted octanol–water partition coefficient (Wildman–Crippen LogP) is 4.24. The molecule has 0 aromatic heterocycles. The summed E-state index contributed by atoms with van der Waals surface area (Å²) in [5.74, 6) is 0. The Kier molecular flexibility index (Phi) is 1.80. The summed E-state index contributed by atoms with van der Waals surface area (Å²) >= 11 is 1.69. The van der Waals surface area contributed by atoms with Crippen LogP contribution in [0.15, 0.2) is 46.9 Å². The summed E-state index contributed by atoms with van der Waals surface area (Å²) in [5, 5.41) is 11.3. The molecule has 0 N–H and O–H groups in total. The number of rotatable bonds is 0. The molecule has 0 radical (unpaired) electrons. The highest BCUT2D eigenvalue weighted by molar-refractivity contribution is 7.24. The van der Waals surface area contributed by atoms with E-state index in [0.717, 1.165) is 26.3 Å². The molecular formula is C15H7NOS. The van der Waals surface area contributed by atoms with Gasteiger partial charge in [0.05, 0.1) is 17.0 Å². The molecule has 0 unspecified atom stereocenters. The third-order valence-corrected chi connectivity index (χ3v) is 4.23. The monoisotopic (exact) mass is 249 g/mol. The van der Waals surface area contributed by atoms with Crippen molar-refractivity contribution < 1.29 is 4.42 Å². The molecule has 0 bridgehead atoms. The molecule has 0 spiro atoms. The summed E-state index contributed by atoms with van der Waals surface area (Å²) in [6, 6.07) is 16.2. The van der Waals surface area contributed by atoms with Gasteiger partial charge >= 0.3 is 0 Å². The second kappa shape index (κ2) is 3.34. The van der Waals surface area contributed by atoms with Gasteiger partial charge in [-0.25, -0.2) is 0 Å². The number of nitrogens with zero attached hydrogens (tertiary/aromatic N) is 1. The minimum atomic E-state index is 0.679. The third-order valence-electron chi connectivity index (χ3n) is 3.09. The average molecular weight is 249 g/mol. The van der Waals surface area contributed by atoms with Crippen molar-refractivity contribution >= 4 is 31.5 Å². The lowest BCUT2D eigenvalue weighted by molar-refractivity contribution is 0.649. The van der Waals surface area contributed by atoms with Crippen molar-refractivity contribution in [1.29, 1.82) is 5.26 Å². The number of hydrogen-bond donors (Lipinski definition) is 0. The standard InChI is InChI=1S/C15H7NOS/c16-8-9-4-3-7-12-13(9)15-14(17-15)10-5-1-2-6-11(10)18-12/h1-7H. The van der Waals surface area contributed by atoms with Gasteiger partial charge in [0.25, 0.3) is 0 Å². The topological polar surface area (TPSA) is 36.9 Å². The Morgan fingerprint density at radius 2 is 1.78 bits per heavy atom. The van der Waals surface area contributed by atoms with E-state index in [1.807, 2.05) is 30.3 Å². The van der Waals surface area contributed by atoms with E-state index in [-0.39, 0.29) is 0 Å². The van der Waals surface area contributed by atoms with Crippen LogP contribution in [0, 0.1) is 22.2 Å². The molecule has 0 atom stereocenters. The molecule has 0 saturated heterocycles. The van der Waals surface area contributed by atoms with Gasteiger partial charge in [-0.2, -0.15) is 5.26 Å². The van der Waals surface area contributed by atoms with Gasteiger partial charge < -0.3 is 4.42 Å². The van der Waals surface area contributed by atoms with Crippen molar-refractivity contribution in [1.82, 2.24) is 0 Å². The highest BCUT2D eigenvalue weighted by Crippen LogP contribution is 2.32. The second-order valence-corrected chi connectivity index (χ2v) is 5.23. The van der Waals surface area contributed by atoms with Crippen molar-refractivity contribution in [2.75, 3.05) is 0 Å². The van der Waals surface area contributed by atoms with Crippen LogP contribution in [0.2, 0.25) is 0 Å². The Bertz CT molecular complexity index is 987. The summed E-state index contributed by atoms with van der Waals surface area (Å²) in [4.78, 5) is 0. The lowest BCUT2D eigenvalue weighted by Crippen LogP contribution is -1.74. The molecular weight excluding hydrogens is 242 g/mol. The van der Waals surface area contributed by atoms with Crippen LogP contribution in [0.1, 0.15) is 5.56 Å². The molecule has 2 aromatic carbocycles. The first-order valence-corrected chi connectivity index (χ1v) is 6.43. The first-order chi connectivity index (χ1) is 8.88. The minimum absolute atomic E-state index is 0.679. The number of fused-ring (bicyclic) bond motifs is 4. The summed E-state index contributed by atoms with van der Waals surface area (Å²) in [6.45, 7) is 0. The fourth-order valence-corrected chi connectivity index (χ4v) is 3.33. The van der Waals surface area contributed by atoms with Crippen molar-refractivity contribution in [2.45, 2.75) is 0 Å². The molecule has 3 heteroatoms. The largest absolute Gasteiger partial charge is 0.448 e. The number of nitriles is 1. The third kappa shape index (κ3) is 1.21. The van der Waals surface area contributed by atoms with Crippen molar-refractivity contribution in [3.05, 3.63) is 58.9 Å². The van der Waals surface area contributed by atoms with Crippen LogP contribution in [-0.4, -0.2) is 0 Å². The normalized spacial score (nSPS) is 11.3. The van der Waals surface area contributed by atoms with E-state index in [0.29, 0.717) is 5.56 Å². The Hall–Kier alpha value is -2.31. The first-order valence-electron chi connectivity index (χ1n) is 5.61. The van der Waals surface area contributed by atoms with E-state index in [9.17, 15) is 5.26 Å². The quantitative estimate of drug-likeness (QED) is 0.467. The minimum Gasteiger partial charge on any atom is -0.448 e. The molecule has 0 fully saturated rings. The SMILES string of the molecule is N#Cc1cccc2sc3ccccc3c3oc=3c12. The van der Waals surface area contributed by atoms with E-state index >= 15 is 0 Å². The fourth-order valence-electron chi connectivity index (χ4n) is 2.22. The molecule has 2 aromatic rings.